The molecule has 26 heavy (non-hydrogen) atoms. The van der Waals surface area contributed by atoms with Crippen molar-refractivity contribution >= 4 is 11.3 Å². The van der Waals surface area contributed by atoms with Gasteiger partial charge in [-0.1, -0.05) is 18.2 Å². The summed E-state index contributed by atoms with van der Waals surface area (Å²) in [5, 5.41) is 11.4. The molecule has 0 amide bonds. The highest BCUT2D eigenvalue weighted by Crippen LogP contribution is 2.27. The lowest BCUT2D eigenvalue weighted by Crippen LogP contribution is -2.35. The van der Waals surface area contributed by atoms with Crippen molar-refractivity contribution in [1.82, 2.24) is 19.4 Å². The first-order valence-corrected chi connectivity index (χ1v) is 9.86. The van der Waals surface area contributed by atoms with E-state index in [0.717, 1.165) is 61.7 Å². The molecule has 4 rings (SSSR count). The van der Waals surface area contributed by atoms with Gasteiger partial charge in [-0.2, -0.15) is 5.26 Å². The topological polar surface area (TPSA) is 57.7 Å². The summed E-state index contributed by atoms with van der Waals surface area (Å²) in [7, 11) is 0. The molecular weight excluding hydrogens is 342 g/mol. The molecule has 0 aliphatic carbocycles. The van der Waals surface area contributed by atoms with E-state index in [9.17, 15) is 5.26 Å². The zero-order chi connectivity index (χ0) is 17.8. The van der Waals surface area contributed by atoms with E-state index in [2.05, 4.69) is 43.1 Å². The first-order valence-electron chi connectivity index (χ1n) is 8.92. The van der Waals surface area contributed by atoms with Crippen molar-refractivity contribution in [3.8, 4) is 6.07 Å². The number of hydrogen-bond acceptors (Lipinski definition) is 5. The minimum absolute atomic E-state index is 0.423. The van der Waals surface area contributed by atoms with Gasteiger partial charge in [0.1, 0.15) is 5.82 Å². The lowest BCUT2D eigenvalue weighted by Gasteiger charge is -2.32. The van der Waals surface area contributed by atoms with E-state index in [1.54, 1.807) is 11.3 Å². The predicted octanol–water partition coefficient (Wildman–Crippen LogP) is 3.64. The summed E-state index contributed by atoms with van der Waals surface area (Å²) < 4.78 is 2.23. The van der Waals surface area contributed by atoms with Crippen LogP contribution < -0.4 is 0 Å². The zero-order valence-corrected chi connectivity index (χ0v) is 15.4. The molecule has 6 heteroatoms. The third-order valence-corrected chi connectivity index (χ3v) is 5.60. The van der Waals surface area contributed by atoms with Gasteiger partial charge in [-0.05, 0) is 31.0 Å². The molecule has 1 saturated heterocycles. The fourth-order valence-corrected chi connectivity index (χ4v) is 4.27. The van der Waals surface area contributed by atoms with Crippen molar-refractivity contribution in [2.45, 2.75) is 31.8 Å². The summed E-state index contributed by atoms with van der Waals surface area (Å²) in [5.74, 6) is 1.57. The Kier molecular flexibility index (Phi) is 5.09. The second kappa shape index (κ2) is 7.81. The maximum atomic E-state index is 9.32. The normalized spacial score (nSPS) is 17.9. The average molecular weight is 363 g/mol. The van der Waals surface area contributed by atoms with Crippen LogP contribution in [0.4, 0.5) is 0 Å². The zero-order valence-electron chi connectivity index (χ0n) is 14.6. The third kappa shape index (κ3) is 3.69. The number of hydrogen-bond donors (Lipinski definition) is 0. The van der Waals surface area contributed by atoms with Crippen LogP contribution in [0.15, 0.2) is 47.5 Å². The summed E-state index contributed by atoms with van der Waals surface area (Å²) >= 11 is 1.63. The highest BCUT2D eigenvalue weighted by atomic mass is 32.1. The summed E-state index contributed by atoms with van der Waals surface area (Å²) in [4.78, 5) is 11.5. The van der Waals surface area contributed by atoms with E-state index in [0.29, 0.717) is 5.92 Å². The average Bonchev–Trinajstić information content (AvgIpc) is 3.35. The summed E-state index contributed by atoms with van der Waals surface area (Å²) in [5.41, 5.74) is 4.85. The van der Waals surface area contributed by atoms with Crippen molar-refractivity contribution in [3.05, 3.63) is 70.2 Å². The quantitative estimate of drug-likeness (QED) is 0.694. The van der Waals surface area contributed by atoms with Crippen LogP contribution in [0.5, 0.6) is 0 Å². The van der Waals surface area contributed by atoms with Gasteiger partial charge in [0.2, 0.25) is 0 Å². The Morgan fingerprint density at radius 2 is 2.15 bits per heavy atom. The number of nitriles is 1. The van der Waals surface area contributed by atoms with Crippen molar-refractivity contribution in [3.63, 3.8) is 0 Å². The van der Waals surface area contributed by atoms with Crippen LogP contribution in [0.25, 0.3) is 0 Å². The molecule has 2 aromatic heterocycles. The Labute approximate surface area is 157 Å². The second-order valence-electron chi connectivity index (χ2n) is 6.74. The monoisotopic (exact) mass is 363 g/mol. The maximum absolute atomic E-state index is 9.32. The molecule has 132 valence electrons. The Balaban J connectivity index is 1.48. The number of aromatic nitrogens is 3. The van der Waals surface area contributed by atoms with E-state index in [1.165, 1.54) is 0 Å². The lowest BCUT2D eigenvalue weighted by atomic mass is 9.96. The minimum atomic E-state index is 0.423. The van der Waals surface area contributed by atoms with Gasteiger partial charge in [0.15, 0.2) is 0 Å². The molecular formula is C20H21N5S. The molecule has 0 spiro atoms. The smallest absolute Gasteiger partial charge is 0.113 e. The van der Waals surface area contributed by atoms with Gasteiger partial charge in [-0.25, -0.2) is 9.97 Å². The van der Waals surface area contributed by atoms with E-state index in [4.69, 9.17) is 0 Å². The molecule has 1 aliphatic heterocycles. The van der Waals surface area contributed by atoms with Gasteiger partial charge < -0.3 is 4.57 Å². The van der Waals surface area contributed by atoms with Gasteiger partial charge in [0.25, 0.3) is 0 Å². The largest absolute Gasteiger partial charge is 0.329 e. The van der Waals surface area contributed by atoms with Crippen LogP contribution in [-0.4, -0.2) is 32.5 Å². The van der Waals surface area contributed by atoms with Crippen molar-refractivity contribution in [1.29, 1.82) is 5.26 Å². The molecule has 0 N–H and O–H groups in total. The number of thiazole rings is 1. The fourth-order valence-electron chi connectivity index (χ4n) is 3.72. The first-order chi connectivity index (χ1) is 12.8. The Bertz CT molecular complexity index is 893. The number of piperidine rings is 1. The minimum Gasteiger partial charge on any atom is -0.329 e. The number of nitrogens with zero attached hydrogens (tertiary/aromatic N) is 5. The number of benzene rings is 1. The first kappa shape index (κ1) is 17.0. The van der Waals surface area contributed by atoms with Crippen LogP contribution in [0.2, 0.25) is 0 Å². The van der Waals surface area contributed by atoms with Crippen LogP contribution in [-0.2, 0) is 13.1 Å². The highest BCUT2D eigenvalue weighted by Gasteiger charge is 2.25. The van der Waals surface area contributed by atoms with Crippen LogP contribution in [0.3, 0.4) is 0 Å². The van der Waals surface area contributed by atoms with Crippen LogP contribution in [0, 0.1) is 11.3 Å². The van der Waals surface area contributed by atoms with E-state index >= 15 is 0 Å². The molecule has 1 fully saturated rings. The Morgan fingerprint density at radius 1 is 1.23 bits per heavy atom. The molecule has 3 heterocycles. The molecule has 3 aromatic rings. The molecule has 1 atom stereocenters. The molecule has 0 unspecified atom stereocenters. The van der Waals surface area contributed by atoms with Crippen LogP contribution in [0.1, 0.15) is 41.4 Å². The van der Waals surface area contributed by atoms with Gasteiger partial charge in [0.05, 0.1) is 29.4 Å². The molecule has 0 saturated carbocycles. The van der Waals surface area contributed by atoms with E-state index in [1.807, 2.05) is 29.9 Å². The second-order valence-corrected chi connectivity index (χ2v) is 7.46. The predicted molar refractivity (Wildman–Crippen MR) is 102 cm³/mol. The fraction of sp³-hybridized carbons (Fsp3) is 0.350. The Morgan fingerprint density at radius 3 is 3.00 bits per heavy atom. The molecule has 5 nitrogen and oxygen atoms in total. The van der Waals surface area contributed by atoms with Crippen molar-refractivity contribution < 1.29 is 0 Å². The summed E-state index contributed by atoms with van der Waals surface area (Å²) in [6, 6.07) is 10.2. The highest BCUT2D eigenvalue weighted by molar-refractivity contribution is 7.07. The number of rotatable bonds is 5. The molecule has 1 aliphatic rings. The number of likely N-dealkylation sites (tertiary alicyclic amines) is 1. The Hall–Kier alpha value is -2.49. The third-order valence-electron chi connectivity index (χ3n) is 4.97. The molecule has 1 aromatic carbocycles. The van der Waals surface area contributed by atoms with Gasteiger partial charge in [0, 0.05) is 36.8 Å². The van der Waals surface area contributed by atoms with Crippen molar-refractivity contribution in [2.24, 2.45) is 0 Å². The maximum Gasteiger partial charge on any atom is 0.113 e. The van der Waals surface area contributed by atoms with Gasteiger partial charge in [-0.3, -0.25) is 4.90 Å². The molecule has 0 radical (unpaired) electrons. The lowest BCUT2D eigenvalue weighted by molar-refractivity contribution is 0.195. The summed E-state index contributed by atoms with van der Waals surface area (Å²) in [6.45, 7) is 3.66. The van der Waals surface area contributed by atoms with Gasteiger partial charge in [-0.15, -0.1) is 11.3 Å². The molecule has 0 bridgehead atoms. The van der Waals surface area contributed by atoms with Crippen LogP contribution >= 0.6 is 11.3 Å². The summed E-state index contributed by atoms with van der Waals surface area (Å²) in [6.07, 6.45) is 6.26. The van der Waals surface area contributed by atoms with Gasteiger partial charge >= 0.3 is 0 Å². The number of imidazole rings is 1. The van der Waals surface area contributed by atoms with E-state index < -0.39 is 0 Å². The standard InChI is InChI=1S/C20H21N5S/c21-10-16-4-1-2-5-17(16)11-24-8-3-6-18(12-24)20-22-7-9-25(20)13-19-14-26-15-23-19/h1-2,4-5,7,9,14-15,18H,3,6,8,11-13H2/t18-/m0/s1. The SMILES string of the molecule is N#Cc1ccccc1CN1CCC[C@H](c2nccn2Cc2cscn2)C1. The van der Waals surface area contributed by atoms with Crippen molar-refractivity contribution in [2.75, 3.05) is 13.1 Å². The van der Waals surface area contributed by atoms with E-state index in [-0.39, 0.29) is 0 Å².